The minimum atomic E-state index is -0.167. The molecule has 1 amide bonds. The second-order valence-electron chi connectivity index (χ2n) is 8.05. The number of hydrogen-bond acceptors (Lipinski definition) is 4. The average Bonchev–Trinajstić information content (AvgIpc) is 3.15. The number of imidazole rings is 1. The van der Waals surface area contributed by atoms with Gasteiger partial charge in [0.1, 0.15) is 23.2 Å². The number of nitrogens with zero attached hydrogens (tertiary/aromatic N) is 4. The first-order chi connectivity index (χ1) is 14.5. The Bertz CT molecular complexity index is 1180. The van der Waals surface area contributed by atoms with E-state index in [0.717, 1.165) is 29.8 Å². The lowest BCUT2D eigenvalue weighted by Gasteiger charge is -2.45. The molecule has 1 aliphatic carbocycles. The highest BCUT2D eigenvalue weighted by Gasteiger charge is 2.42. The van der Waals surface area contributed by atoms with Crippen molar-refractivity contribution < 1.29 is 9.53 Å². The normalized spacial score (nSPS) is 20.6. The van der Waals surface area contributed by atoms with Gasteiger partial charge in [-0.2, -0.15) is 0 Å². The molecule has 1 aliphatic heterocycles. The lowest BCUT2D eigenvalue weighted by Crippen LogP contribution is -2.58. The molecule has 7 heteroatoms. The summed E-state index contributed by atoms with van der Waals surface area (Å²) in [6, 6.07) is 11.4. The molecule has 0 radical (unpaired) electrons. The molecule has 1 aromatic carbocycles. The van der Waals surface area contributed by atoms with Crippen molar-refractivity contribution in [2.24, 2.45) is 0 Å². The zero-order chi connectivity index (χ0) is 20.8. The highest BCUT2D eigenvalue weighted by Crippen LogP contribution is 2.33. The van der Waals surface area contributed by atoms with Crippen molar-refractivity contribution in [3.63, 3.8) is 0 Å². The van der Waals surface area contributed by atoms with Gasteiger partial charge in [0.2, 0.25) is 0 Å². The number of ether oxygens (including phenoxy) is 1. The highest BCUT2D eigenvalue weighted by atomic mass is 16.5. The van der Waals surface area contributed by atoms with Crippen LogP contribution in [0.25, 0.3) is 5.69 Å². The summed E-state index contributed by atoms with van der Waals surface area (Å²) in [5.74, 6) is 0.767. The molecular formula is C23H24N4O3. The number of benzene rings is 1. The van der Waals surface area contributed by atoms with Crippen LogP contribution in [0, 0.1) is 13.8 Å². The molecular weight excluding hydrogens is 380 g/mol. The van der Waals surface area contributed by atoms with Crippen molar-refractivity contribution in [3.8, 4) is 11.4 Å². The van der Waals surface area contributed by atoms with Crippen molar-refractivity contribution in [1.29, 1.82) is 0 Å². The van der Waals surface area contributed by atoms with Gasteiger partial charge in [0.05, 0.1) is 18.1 Å². The van der Waals surface area contributed by atoms with E-state index in [1.165, 1.54) is 0 Å². The van der Waals surface area contributed by atoms with Gasteiger partial charge in [-0.3, -0.25) is 9.59 Å². The number of carbonyl (C=O) groups is 1. The van der Waals surface area contributed by atoms with Crippen LogP contribution < -0.4 is 10.3 Å². The molecule has 0 saturated heterocycles. The fourth-order valence-electron chi connectivity index (χ4n) is 4.30. The predicted octanol–water partition coefficient (Wildman–Crippen LogP) is 2.72. The summed E-state index contributed by atoms with van der Waals surface area (Å²) in [5.41, 5.74) is 2.70. The van der Waals surface area contributed by atoms with Gasteiger partial charge in [-0.1, -0.05) is 18.2 Å². The van der Waals surface area contributed by atoms with Crippen molar-refractivity contribution in [3.05, 3.63) is 76.2 Å². The van der Waals surface area contributed by atoms with Crippen LogP contribution >= 0.6 is 0 Å². The van der Waals surface area contributed by atoms with Crippen molar-refractivity contribution in [2.75, 3.05) is 6.54 Å². The molecule has 154 valence electrons. The quantitative estimate of drug-likeness (QED) is 0.671. The van der Waals surface area contributed by atoms with E-state index in [9.17, 15) is 9.59 Å². The van der Waals surface area contributed by atoms with Gasteiger partial charge in [-0.25, -0.2) is 4.98 Å². The van der Waals surface area contributed by atoms with E-state index in [2.05, 4.69) is 4.98 Å². The Labute approximate surface area is 174 Å². The molecule has 0 bridgehead atoms. The van der Waals surface area contributed by atoms with Gasteiger partial charge >= 0.3 is 0 Å². The van der Waals surface area contributed by atoms with Gasteiger partial charge in [0.25, 0.3) is 11.5 Å². The summed E-state index contributed by atoms with van der Waals surface area (Å²) in [6.07, 6.45) is 5.26. The minimum absolute atomic E-state index is 0.0125. The summed E-state index contributed by atoms with van der Waals surface area (Å²) in [4.78, 5) is 32.3. The molecule has 2 aromatic heterocycles. The summed E-state index contributed by atoms with van der Waals surface area (Å²) in [7, 11) is 0. The molecule has 3 aromatic rings. The van der Waals surface area contributed by atoms with Crippen molar-refractivity contribution in [2.45, 2.75) is 45.4 Å². The van der Waals surface area contributed by atoms with E-state index in [1.54, 1.807) is 27.6 Å². The highest BCUT2D eigenvalue weighted by molar-refractivity contribution is 5.93. The van der Waals surface area contributed by atoms with Gasteiger partial charge in [-0.15, -0.1) is 0 Å². The first kappa shape index (κ1) is 18.7. The lowest BCUT2D eigenvalue weighted by molar-refractivity contribution is -0.00571. The molecule has 2 atom stereocenters. The molecule has 3 heterocycles. The number of hydrogen-bond donors (Lipinski definition) is 0. The van der Waals surface area contributed by atoms with Gasteiger partial charge in [-0.05, 0) is 50.5 Å². The monoisotopic (exact) mass is 404 g/mol. The third kappa shape index (κ3) is 3.01. The Kier molecular flexibility index (Phi) is 4.46. The van der Waals surface area contributed by atoms with E-state index < -0.39 is 0 Å². The number of carbonyl (C=O) groups excluding carboxylic acids is 1. The van der Waals surface area contributed by atoms with Gasteiger partial charge in [0.15, 0.2) is 0 Å². The molecule has 0 unspecified atom stereocenters. The largest absolute Gasteiger partial charge is 0.488 e. The SMILES string of the molecule is Cc1cn(-c2ccc3n(c2=O)CCN([C@H]2CC[C@@H]2Oc2ccccc2C)C3=O)cn1. The van der Waals surface area contributed by atoms with Crippen LogP contribution in [0.5, 0.6) is 5.75 Å². The molecule has 30 heavy (non-hydrogen) atoms. The van der Waals surface area contributed by atoms with Gasteiger partial charge < -0.3 is 18.8 Å². The summed E-state index contributed by atoms with van der Waals surface area (Å²) in [6.45, 7) is 4.89. The summed E-state index contributed by atoms with van der Waals surface area (Å²) in [5, 5.41) is 0. The Morgan fingerprint density at radius 2 is 1.87 bits per heavy atom. The Morgan fingerprint density at radius 3 is 2.57 bits per heavy atom. The summed E-state index contributed by atoms with van der Waals surface area (Å²) < 4.78 is 9.50. The first-order valence-electron chi connectivity index (χ1n) is 10.3. The number of pyridine rings is 1. The predicted molar refractivity (Wildman–Crippen MR) is 112 cm³/mol. The van der Waals surface area contributed by atoms with Crippen LogP contribution in [0.3, 0.4) is 0 Å². The smallest absolute Gasteiger partial charge is 0.275 e. The first-order valence-corrected chi connectivity index (χ1v) is 10.3. The topological polar surface area (TPSA) is 69.4 Å². The molecule has 1 saturated carbocycles. The molecule has 0 N–H and O–H groups in total. The van der Waals surface area contributed by atoms with E-state index in [1.807, 2.05) is 49.2 Å². The second-order valence-corrected chi connectivity index (χ2v) is 8.05. The number of amides is 1. The molecule has 7 nitrogen and oxygen atoms in total. The van der Waals surface area contributed by atoms with Crippen LogP contribution in [0.2, 0.25) is 0 Å². The number of fused-ring (bicyclic) bond motifs is 1. The van der Waals surface area contributed by atoms with E-state index >= 15 is 0 Å². The van der Waals surface area contributed by atoms with Gasteiger partial charge in [0, 0.05) is 19.3 Å². The standard InChI is InChI=1S/C23H24N4O3/c1-15-5-3-4-6-20(15)30-21-10-9-17(21)26-11-12-27-19(23(26)29)8-7-18(22(27)28)25-13-16(2)24-14-25/h3-8,13-14,17,21H,9-12H2,1-2H3/t17-,21-/m0/s1. The maximum Gasteiger partial charge on any atom is 0.275 e. The Morgan fingerprint density at radius 1 is 1.03 bits per heavy atom. The number of rotatable bonds is 4. The molecule has 5 rings (SSSR count). The zero-order valence-electron chi connectivity index (χ0n) is 17.1. The zero-order valence-corrected chi connectivity index (χ0v) is 17.1. The maximum absolute atomic E-state index is 13.2. The number of para-hydroxylation sites is 1. The molecule has 2 aliphatic rings. The van der Waals surface area contributed by atoms with Crippen LogP contribution in [-0.2, 0) is 6.54 Å². The fraction of sp³-hybridized carbons (Fsp3) is 0.348. The van der Waals surface area contributed by atoms with Crippen LogP contribution in [0.15, 0.2) is 53.7 Å². The van der Waals surface area contributed by atoms with Crippen LogP contribution in [0.4, 0.5) is 0 Å². The molecule has 1 fully saturated rings. The molecule has 0 spiro atoms. The average molecular weight is 404 g/mol. The lowest BCUT2D eigenvalue weighted by atomic mass is 9.86. The second kappa shape index (κ2) is 7.16. The van der Waals surface area contributed by atoms with Crippen LogP contribution in [-0.4, -0.2) is 43.6 Å². The number of aromatic nitrogens is 3. The fourth-order valence-corrected chi connectivity index (χ4v) is 4.30. The van der Waals surface area contributed by atoms with Crippen molar-refractivity contribution >= 4 is 5.91 Å². The third-order valence-electron chi connectivity index (χ3n) is 6.14. The van der Waals surface area contributed by atoms with E-state index in [4.69, 9.17) is 4.74 Å². The van der Waals surface area contributed by atoms with Crippen LogP contribution in [0.1, 0.15) is 34.6 Å². The minimum Gasteiger partial charge on any atom is -0.488 e. The van der Waals surface area contributed by atoms with E-state index in [-0.39, 0.29) is 23.6 Å². The summed E-state index contributed by atoms with van der Waals surface area (Å²) >= 11 is 0. The maximum atomic E-state index is 13.2. The third-order valence-corrected chi connectivity index (χ3v) is 6.14. The van der Waals surface area contributed by atoms with Crippen molar-refractivity contribution in [1.82, 2.24) is 19.0 Å². The van der Waals surface area contributed by atoms with E-state index in [0.29, 0.717) is 24.5 Å². The Hall–Kier alpha value is -3.35. The number of aryl methyl sites for hydroxylation is 2. The Balaban J connectivity index is 1.38.